The van der Waals surface area contributed by atoms with Crippen LogP contribution in [-0.2, 0) is 26.8 Å². The van der Waals surface area contributed by atoms with E-state index >= 15 is 0 Å². The maximum absolute atomic E-state index is 12.2. The number of aryl methyl sites for hydroxylation is 2. The molecular weight excluding hydrogens is 296 g/mol. The molecule has 2 aromatic rings. The first-order valence-corrected chi connectivity index (χ1v) is 7.85. The van der Waals surface area contributed by atoms with Crippen LogP contribution in [0.15, 0.2) is 33.7 Å². The van der Waals surface area contributed by atoms with Crippen molar-refractivity contribution in [2.75, 3.05) is 0 Å². The molecule has 0 radical (unpaired) electrons. The number of aromatic nitrogens is 2. The second-order valence-electron chi connectivity index (χ2n) is 4.57. The molecule has 1 N–H and O–H groups in total. The monoisotopic (exact) mass is 310 g/mol. The quantitative estimate of drug-likeness (QED) is 0.857. The minimum atomic E-state index is -3.56. The number of rotatable bonds is 6. The summed E-state index contributed by atoms with van der Waals surface area (Å²) in [6.07, 6.45) is -0.0703. The molecule has 0 aliphatic rings. The maximum atomic E-state index is 12.2. The summed E-state index contributed by atoms with van der Waals surface area (Å²) in [4.78, 5) is 14.5. The summed E-state index contributed by atoms with van der Waals surface area (Å²) in [5, 5.41) is 12.1. The fourth-order valence-corrected chi connectivity index (χ4v) is 3.00. The molecule has 0 unspecified atom stereocenters. The van der Waals surface area contributed by atoms with E-state index < -0.39 is 15.8 Å². The molecule has 0 fully saturated rings. The second kappa shape index (κ2) is 6.04. The molecule has 21 heavy (non-hydrogen) atoms. The Balaban J connectivity index is 2.12. The number of hydrogen-bond acceptors (Lipinski definition) is 6. The van der Waals surface area contributed by atoms with Crippen molar-refractivity contribution in [2.45, 2.75) is 30.4 Å². The fraction of sp³-hybridized carbons (Fsp3) is 0.308. The Labute approximate surface area is 121 Å². The van der Waals surface area contributed by atoms with Gasteiger partial charge in [0.25, 0.3) is 0 Å². The fourth-order valence-electron chi connectivity index (χ4n) is 1.73. The predicted octanol–water partition coefficient (Wildman–Crippen LogP) is 1.37. The topological polar surface area (TPSA) is 110 Å². The Hall–Kier alpha value is -2.22. The van der Waals surface area contributed by atoms with Crippen LogP contribution in [0, 0.1) is 6.92 Å². The zero-order chi connectivity index (χ0) is 15.5. The van der Waals surface area contributed by atoms with Crippen LogP contribution in [0.4, 0.5) is 0 Å². The molecule has 0 bridgehead atoms. The third-order valence-electron chi connectivity index (χ3n) is 2.73. The summed E-state index contributed by atoms with van der Waals surface area (Å²) in [7, 11) is -3.56. The van der Waals surface area contributed by atoms with Crippen molar-refractivity contribution in [1.29, 1.82) is 0 Å². The van der Waals surface area contributed by atoms with Gasteiger partial charge in [0, 0.05) is 6.42 Å². The molecular formula is C13H14N2O5S. The van der Waals surface area contributed by atoms with Gasteiger partial charge in [0.1, 0.15) is 5.75 Å². The molecule has 0 saturated carbocycles. The third kappa shape index (κ3) is 4.12. The SMILES string of the molecule is Cc1cccc(S(=O)(=O)Cc2noc(CCC(=O)O)n2)c1. The van der Waals surface area contributed by atoms with E-state index in [0.29, 0.717) is 0 Å². The van der Waals surface area contributed by atoms with E-state index in [1.165, 1.54) is 6.07 Å². The molecule has 1 aromatic carbocycles. The van der Waals surface area contributed by atoms with Gasteiger partial charge in [-0.05, 0) is 24.6 Å². The van der Waals surface area contributed by atoms with Crippen molar-refractivity contribution in [3.05, 3.63) is 41.5 Å². The van der Waals surface area contributed by atoms with Crippen molar-refractivity contribution in [3.63, 3.8) is 0 Å². The number of carboxylic acids is 1. The number of carboxylic acid groups (broad SMARTS) is 1. The van der Waals surface area contributed by atoms with Crippen LogP contribution in [0.2, 0.25) is 0 Å². The number of aliphatic carboxylic acids is 1. The Morgan fingerprint density at radius 3 is 2.81 bits per heavy atom. The van der Waals surface area contributed by atoms with Crippen molar-refractivity contribution in [2.24, 2.45) is 0 Å². The van der Waals surface area contributed by atoms with Crippen LogP contribution in [0.5, 0.6) is 0 Å². The second-order valence-corrected chi connectivity index (χ2v) is 6.56. The molecule has 0 saturated heterocycles. The lowest BCUT2D eigenvalue weighted by Gasteiger charge is -2.02. The number of sulfone groups is 1. The lowest BCUT2D eigenvalue weighted by molar-refractivity contribution is -0.137. The number of carbonyl (C=O) groups is 1. The highest BCUT2D eigenvalue weighted by Crippen LogP contribution is 2.16. The van der Waals surface area contributed by atoms with Crippen molar-refractivity contribution in [1.82, 2.24) is 10.1 Å². The van der Waals surface area contributed by atoms with E-state index in [0.717, 1.165) is 5.56 Å². The summed E-state index contributed by atoms with van der Waals surface area (Å²) in [5.74, 6) is -1.22. The summed E-state index contributed by atoms with van der Waals surface area (Å²) in [6, 6.07) is 6.54. The molecule has 0 aliphatic heterocycles. The average Bonchev–Trinajstić information content (AvgIpc) is 2.83. The standard InChI is InChI=1S/C13H14N2O5S/c1-9-3-2-4-10(7-9)21(18,19)8-11-14-12(20-15-11)5-6-13(16)17/h2-4,7H,5-6,8H2,1H3,(H,16,17). The molecule has 7 nitrogen and oxygen atoms in total. The lowest BCUT2D eigenvalue weighted by Crippen LogP contribution is -2.06. The third-order valence-corrected chi connectivity index (χ3v) is 4.34. The van der Waals surface area contributed by atoms with Crippen LogP contribution in [0.1, 0.15) is 23.7 Å². The highest BCUT2D eigenvalue weighted by molar-refractivity contribution is 7.90. The molecule has 1 heterocycles. The highest BCUT2D eigenvalue weighted by atomic mass is 32.2. The van der Waals surface area contributed by atoms with E-state index in [-0.39, 0.29) is 35.2 Å². The molecule has 0 amide bonds. The predicted molar refractivity (Wildman–Crippen MR) is 72.3 cm³/mol. The molecule has 2 rings (SSSR count). The molecule has 0 spiro atoms. The number of hydrogen-bond donors (Lipinski definition) is 1. The van der Waals surface area contributed by atoms with Crippen LogP contribution < -0.4 is 0 Å². The molecule has 0 atom stereocenters. The minimum absolute atomic E-state index is 0.0249. The van der Waals surface area contributed by atoms with E-state index in [1.54, 1.807) is 25.1 Å². The highest BCUT2D eigenvalue weighted by Gasteiger charge is 2.19. The van der Waals surface area contributed by atoms with Crippen LogP contribution in [0.3, 0.4) is 0 Å². The van der Waals surface area contributed by atoms with Crippen molar-refractivity contribution >= 4 is 15.8 Å². The molecule has 1 aromatic heterocycles. The van der Waals surface area contributed by atoms with Gasteiger partial charge >= 0.3 is 5.97 Å². The Bertz CT molecular complexity index is 751. The lowest BCUT2D eigenvalue weighted by atomic mass is 10.2. The van der Waals surface area contributed by atoms with Gasteiger partial charge in [-0.25, -0.2) is 8.42 Å². The van der Waals surface area contributed by atoms with Crippen LogP contribution in [0.25, 0.3) is 0 Å². The van der Waals surface area contributed by atoms with Crippen LogP contribution >= 0.6 is 0 Å². The maximum Gasteiger partial charge on any atom is 0.303 e. The van der Waals surface area contributed by atoms with Gasteiger partial charge in [0.15, 0.2) is 15.7 Å². The summed E-state index contributed by atoms with van der Waals surface area (Å²) in [5.41, 5.74) is 0.839. The minimum Gasteiger partial charge on any atom is -0.481 e. The summed E-state index contributed by atoms with van der Waals surface area (Å²) in [6.45, 7) is 1.80. The van der Waals surface area contributed by atoms with E-state index in [2.05, 4.69) is 10.1 Å². The smallest absolute Gasteiger partial charge is 0.303 e. The molecule has 0 aliphatic carbocycles. The zero-order valence-electron chi connectivity index (χ0n) is 11.3. The van der Waals surface area contributed by atoms with E-state index in [1.807, 2.05) is 0 Å². The molecule has 112 valence electrons. The van der Waals surface area contributed by atoms with Gasteiger partial charge in [-0.1, -0.05) is 17.3 Å². The largest absolute Gasteiger partial charge is 0.481 e. The normalized spacial score (nSPS) is 11.5. The van der Waals surface area contributed by atoms with Gasteiger partial charge in [-0.2, -0.15) is 4.98 Å². The average molecular weight is 310 g/mol. The first-order valence-electron chi connectivity index (χ1n) is 6.19. The number of nitrogens with zero attached hydrogens (tertiary/aromatic N) is 2. The first-order chi connectivity index (χ1) is 9.87. The number of benzene rings is 1. The van der Waals surface area contributed by atoms with Gasteiger partial charge in [-0.3, -0.25) is 4.79 Å². The van der Waals surface area contributed by atoms with Gasteiger partial charge in [-0.15, -0.1) is 0 Å². The van der Waals surface area contributed by atoms with E-state index in [9.17, 15) is 13.2 Å². The Morgan fingerprint density at radius 2 is 2.14 bits per heavy atom. The van der Waals surface area contributed by atoms with Gasteiger partial charge < -0.3 is 9.63 Å². The van der Waals surface area contributed by atoms with Gasteiger partial charge in [0.05, 0.1) is 11.3 Å². The van der Waals surface area contributed by atoms with E-state index in [4.69, 9.17) is 9.63 Å². The zero-order valence-corrected chi connectivity index (χ0v) is 12.1. The Morgan fingerprint density at radius 1 is 1.38 bits per heavy atom. The van der Waals surface area contributed by atoms with Crippen LogP contribution in [-0.4, -0.2) is 29.6 Å². The first kappa shape index (κ1) is 15.2. The van der Waals surface area contributed by atoms with Crippen molar-refractivity contribution < 1.29 is 22.8 Å². The molecule has 8 heteroatoms. The summed E-state index contributed by atoms with van der Waals surface area (Å²) >= 11 is 0. The summed E-state index contributed by atoms with van der Waals surface area (Å²) < 4.78 is 29.3. The Kier molecular flexibility index (Phi) is 4.37. The van der Waals surface area contributed by atoms with Gasteiger partial charge in [0.2, 0.25) is 5.89 Å². The van der Waals surface area contributed by atoms with Crippen molar-refractivity contribution in [3.8, 4) is 0 Å².